The van der Waals surface area contributed by atoms with Crippen LogP contribution in [0, 0.1) is 0 Å². The first-order valence-electron chi connectivity index (χ1n) is 14.9. The van der Waals surface area contributed by atoms with Crippen LogP contribution in [0.25, 0.3) is 16.8 Å². The highest BCUT2D eigenvalue weighted by Crippen LogP contribution is 2.43. The summed E-state index contributed by atoms with van der Waals surface area (Å²) in [5.74, 6) is -1.60. The molecule has 0 bridgehead atoms. The SMILES string of the molecule is CCOC(=O)C1=C(C(F)(F)F)N=c2s/c(=C/c3ccc(OCc4ccc(C(=O)O)cc4)cc3)c(=O)n2[C@H]1c1c(OC)ccc2ccccc12. The molecule has 1 aromatic heterocycles. The molecule has 0 spiro atoms. The number of hydrogen-bond donors (Lipinski definition) is 1. The summed E-state index contributed by atoms with van der Waals surface area (Å²) in [7, 11) is 1.36. The molecule has 0 saturated carbocycles. The van der Waals surface area contributed by atoms with E-state index in [1.54, 1.807) is 72.8 Å². The zero-order valence-electron chi connectivity index (χ0n) is 26.0. The number of aromatic carboxylic acids is 1. The number of aromatic nitrogens is 1. The van der Waals surface area contributed by atoms with E-state index in [2.05, 4.69) is 4.99 Å². The van der Waals surface area contributed by atoms with E-state index in [4.69, 9.17) is 19.3 Å². The van der Waals surface area contributed by atoms with Crippen LogP contribution in [0.15, 0.2) is 106 Å². The summed E-state index contributed by atoms with van der Waals surface area (Å²) >= 11 is 0.764. The summed E-state index contributed by atoms with van der Waals surface area (Å²) in [6, 6.07) is 21.6. The molecule has 0 fully saturated rings. The molecule has 1 N–H and O–H groups in total. The van der Waals surface area contributed by atoms with Crippen molar-refractivity contribution in [3.05, 3.63) is 138 Å². The van der Waals surface area contributed by atoms with Gasteiger partial charge in [0, 0.05) is 5.56 Å². The van der Waals surface area contributed by atoms with Crippen molar-refractivity contribution in [3.63, 3.8) is 0 Å². The number of carboxylic acid groups (broad SMARTS) is 1. The third kappa shape index (κ3) is 6.57. The highest BCUT2D eigenvalue weighted by molar-refractivity contribution is 7.07. The number of fused-ring (bicyclic) bond motifs is 2. The minimum Gasteiger partial charge on any atom is -0.496 e. The summed E-state index contributed by atoms with van der Waals surface area (Å²) in [5, 5.41) is 10.2. The first kappa shape index (κ1) is 33.2. The van der Waals surface area contributed by atoms with Gasteiger partial charge in [0.05, 0.1) is 29.4 Å². The zero-order valence-corrected chi connectivity index (χ0v) is 26.8. The topological polar surface area (TPSA) is 116 Å². The number of nitrogens with zero attached hydrogens (tertiary/aromatic N) is 2. The Morgan fingerprint density at radius 3 is 2.37 bits per heavy atom. The van der Waals surface area contributed by atoms with Crippen LogP contribution in [0.1, 0.15) is 40.0 Å². The fraction of sp³-hybridized carbons (Fsp3) is 0.167. The van der Waals surface area contributed by atoms with Crippen molar-refractivity contribution in [2.24, 2.45) is 4.99 Å². The monoisotopic (exact) mass is 688 g/mol. The number of rotatable bonds is 9. The molecule has 4 aromatic carbocycles. The minimum atomic E-state index is -5.05. The number of hydrogen-bond acceptors (Lipinski definition) is 8. The van der Waals surface area contributed by atoms with Crippen molar-refractivity contribution >= 4 is 40.1 Å². The number of carboxylic acids is 1. The fourth-order valence-corrected chi connectivity index (χ4v) is 6.57. The lowest BCUT2D eigenvalue weighted by atomic mass is 9.90. The van der Waals surface area contributed by atoms with Gasteiger partial charge in [0.1, 0.15) is 24.1 Å². The number of esters is 1. The van der Waals surface area contributed by atoms with E-state index in [0.29, 0.717) is 22.1 Å². The molecule has 2 heterocycles. The van der Waals surface area contributed by atoms with Crippen LogP contribution in [-0.4, -0.2) is 41.5 Å². The predicted molar refractivity (Wildman–Crippen MR) is 175 cm³/mol. The number of allylic oxidation sites excluding steroid dienone is 1. The van der Waals surface area contributed by atoms with Crippen molar-refractivity contribution < 1.29 is 42.1 Å². The van der Waals surface area contributed by atoms with Gasteiger partial charge in [-0.2, -0.15) is 13.2 Å². The molecule has 250 valence electrons. The van der Waals surface area contributed by atoms with E-state index >= 15 is 0 Å². The van der Waals surface area contributed by atoms with Gasteiger partial charge in [0.15, 0.2) is 10.5 Å². The third-order valence-electron chi connectivity index (χ3n) is 7.80. The van der Waals surface area contributed by atoms with Crippen LogP contribution in [0.3, 0.4) is 0 Å². The van der Waals surface area contributed by atoms with Crippen LogP contribution < -0.4 is 24.4 Å². The molecular formula is C36H27F3N2O7S. The molecule has 1 aliphatic rings. The maximum atomic E-state index is 14.7. The Morgan fingerprint density at radius 2 is 1.71 bits per heavy atom. The lowest BCUT2D eigenvalue weighted by Gasteiger charge is -2.28. The average Bonchev–Trinajstić information content (AvgIpc) is 3.40. The standard InChI is InChI=1S/C36H27F3N2O7S/c1-3-47-34(45)29-30(28-25-7-5-4-6-22(25)14-17-26(28)46-2)41-32(42)27(49-35(41)40-31(29)36(37,38)39)18-20-10-15-24(16-11-20)48-19-21-8-12-23(13-9-21)33(43)44/h4-18,30H,3,19H2,1-2H3,(H,43,44)/b27-18+/t30-/m0/s1. The Morgan fingerprint density at radius 1 is 1.00 bits per heavy atom. The van der Waals surface area contributed by atoms with Gasteiger partial charge >= 0.3 is 18.1 Å². The zero-order chi connectivity index (χ0) is 34.9. The van der Waals surface area contributed by atoms with E-state index in [-0.39, 0.29) is 39.4 Å². The van der Waals surface area contributed by atoms with E-state index in [9.17, 15) is 27.6 Å². The van der Waals surface area contributed by atoms with Gasteiger partial charge < -0.3 is 19.3 Å². The molecule has 13 heteroatoms. The summed E-state index contributed by atoms with van der Waals surface area (Å²) < 4.78 is 61.7. The van der Waals surface area contributed by atoms with Crippen LogP contribution in [0.4, 0.5) is 13.2 Å². The van der Waals surface area contributed by atoms with Crippen LogP contribution in [0.5, 0.6) is 11.5 Å². The molecule has 0 unspecified atom stereocenters. The van der Waals surface area contributed by atoms with E-state index in [1.165, 1.54) is 32.2 Å². The second-order valence-electron chi connectivity index (χ2n) is 10.8. The Balaban J connectivity index is 1.45. The number of methoxy groups -OCH3 is 1. The van der Waals surface area contributed by atoms with E-state index < -0.39 is 41.0 Å². The number of ether oxygens (including phenoxy) is 3. The molecule has 0 amide bonds. The quantitative estimate of drug-likeness (QED) is 0.195. The molecule has 5 aromatic rings. The van der Waals surface area contributed by atoms with Crippen molar-refractivity contribution in [1.82, 2.24) is 4.57 Å². The number of thiazole rings is 1. The molecule has 0 saturated heterocycles. The van der Waals surface area contributed by atoms with E-state index in [0.717, 1.165) is 21.5 Å². The number of carbonyl (C=O) groups excluding carboxylic acids is 1. The van der Waals surface area contributed by atoms with Crippen molar-refractivity contribution in [1.29, 1.82) is 0 Å². The first-order valence-corrected chi connectivity index (χ1v) is 15.7. The van der Waals surface area contributed by atoms with Gasteiger partial charge in [0.2, 0.25) is 0 Å². The van der Waals surface area contributed by atoms with Crippen molar-refractivity contribution in [2.75, 3.05) is 13.7 Å². The molecule has 49 heavy (non-hydrogen) atoms. The predicted octanol–water partition coefficient (Wildman–Crippen LogP) is 5.78. The van der Waals surface area contributed by atoms with E-state index in [1.807, 2.05) is 0 Å². The lowest BCUT2D eigenvalue weighted by molar-refractivity contribution is -0.140. The smallest absolute Gasteiger partial charge is 0.434 e. The lowest BCUT2D eigenvalue weighted by Crippen LogP contribution is -2.41. The molecule has 0 aliphatic carbocycles. The van der Waals surface area contributed by atoms with Crippen LogP contribution in [0.2, 0.25) is 0 Å². The molecule has 0 radical (unpaired) electrons. The Bertz CT molecular complexity index is 2290. The number of benzene rings is 4. The van der Waals surface area contributed by atoms with Crippen molar-refractivity contribution in [2.45, 2.75) is 25.7 Å². The van der Waals surface area contributed by atoms with Gasteiger partial charge in [-0.1, -0.05) is 65.9 Å². The Hall–Kier alpha value is -5.69. The van der Waals surface area contributed by atoms with Crippen LogP contribution in [-0.2, 0) is 16.1 Å². The van der Waals surface area contributed by atoms with Gasteiger partial charge in [-0.15, -0.1) is 0 Å². The highest BCUT2D eigenvalue weighted by Gasteiger charge is 2.46. The summed E-state index contributed by atoms with van der Waals surface area (Å²) in [6.45, 7) is 1.46. The maximum absolute atomic E-state index is 14.7. The number of alkyl halides is 3. The largest absolute Gasteiger partial charge is 0.496 e. The fourth-order valence-electron chi connectivity index (χ4n) is 5.57. The van der Waals surface area contributed by atoms with Gasteiger partial charge in [-0.05, 0) is 65.2 Å². The second-order valence-corrected chi connectivity index (χ2v) is 11.8. The molecular weight excluding hydrogens is 661 g/mol. The normalized spacial score (nSPS) is 14.7. The molecule has 9 nitrogen and oxygen atoms in total. The summed E-state index contributed by atoms with van der Waals surface area (Å²) in [4.78, 5) is 42.2. The number of carbonyl (C=O) groups is 2. The van der Waals surface area contributed by atoms with Gasteiger partial charge in [-0.25, -0.2) is 14.6 Å². The Labute approximate surface area is 280 Å². The highest BCUT2D eigenvalue weighted by atomic mass is 32.1. The van der Waals surface area contributed by atoms with Gasteiger partial charge in [-0.3, -0.25) is 9.36 Å². The first-order chi connectivity index (χ1) is 23.5. The number of halogens is 3. The summed E-state index contributed by atoms with van der Waals surface area (Å²) in [6.07, 6.45) is -3.53. The average molecular weight is 689 g/mol. The second kappa shape index (κ2) is 13.4. The summed E-state index contributed by atoms with van der Waals surface area (Å²) in [5.41, 5.74) is -1.26. The third-order valence-corrected chi connectivity index (χ3v) is 8.79. The van der Waals surface area contributed by atoms with Crippen LogP contribution >= 0.6 is 11.3 Å². The van der Waals surface area contributed by atoms with Crippen molar-refractivity contribution in [3.8, 4) is 11.5 Å². The molecule has 6 rings (SSSR count). The maximum Gasteiger partial charge on any atom is 0.434 e. The van der Waals surface area contributed by atoms with Gasteiger partial charge in [0.25, 0.3) is 5.56 Å². The molecule has 1 aliphatic heterocycles. The Kier molecular flexibility index (Phi) is 9.11. The minimum absolute atomic E-state index is 0.0850. The molecule has 1 atom stereocenters.